The SMILES string of the molecule is Cc1cc(-c2nnco2)cc(-c2nn(-c3c(Cl)cccc3Cl)c(=O)c3c2CCCN3)c1. The van der Waals surface area contributed by atoms with Gasteiger partial charge in [-0.15, -0.1) is 10.2 Å². The largest absolute Gasteiger partial charge is 0.423 e. The number of benzene rings is 2. The molecule has 0 radical (unpaired) electrons. The van der Waals surface area contributed by atoms with Gasteiger partial charge in [0.1, 0.15) is 11.4 Å². The van der Waals surface area contributed by atoms with Gasteiger partial charge in [-0.2, -0.15) is 9.78 Å². The zero-order valence-corrected chi connectivity index (χ0v) is 18.0. The lowest BCUT2D eigenvalue weighted by atomic mass is 9.96. The molecule has 1 aliphatic rings. The molecule has 156 valence electrons. The minimum atomic E-state index is -0.279. The van der Waals surface area contributed by atoms with Crippen molar-refractivity contribution >= 4 is 28.9 Å². The lowest BCUT2D eigenvalue weighted by Crippen LogP contribution is -2.30. The molecule has 5 rings (SSSR count). The van der Waals surface area contributed by atoms with Crippen molar-refractivity contribution in [1.82, 2.24) is 20.0 Å². The number of rotatable bonds is 3. The average molecular weight is 454 g/mol. The van der Waals surface area contributed by atoms with E-state index in [0.29, 0.717) is 39.5 Å². The van der Waals surface area contributed by atoms with Gasteiger partial charge in [-0.3, -0.25) is 4.79 Å². The summed E-state index contributed by atoms with van der Waals surface area (Å²) in [6, 6.07) is 11.0. The Kier molecular flexibility index (Phi) is 5.00. The van der Waals surface area contributed by atoms with Crippen molar-refractivity contribution in [2.45, 2.75) is 19.8 Å². The Morgan fingerprint density at radius 3 is 2.65 bits per heavy atom. The second-order valence-corrected chi connectivity index (χ2v) is 8.17. The van der Waals surface area contributed by atoms with Crippen molar-refractivity contribution in [3.63, 3.8) is 0 Å². The van der Waals surface area contributed by atoms with Crippen molar-refractivity contribution in [1.29, 1.82) is 0 Å². The number of halogens is 2. The Hall–Kier alpha value is -3.16. The third-order valence-electron chi connectivity index (χ3n) is 5.21. The number of nitrogens with zero attached hydrogens (tertiary/aromatic N) is 4. The summed E-state index contributed by atoms with van der Waals surface area (Å²) in [5.41, 5.74) is 4.77. The van der Waals surface area contributed by atoms with E-state index >= 15 is 0 Å². The topological polar surface area (TPSA) is 85.8 Å². The highest BCUT2D eigenvalue weighted by Gasteiger charge is 2.24. The van der Waals surface area contributed by atoms with E-state index in [0.717, 1.165) is 35.1 Å². The Morgan fingerprint density at radius 1 is 1.13 bits per heavy atom. The van der Waals surface area contributed by atoms with Crippen molar-refractivity contribution in [2.75, 3.05) is 11.9 Å². The molecule has 0 aliphatic carbocycles. The second kappa shape index (κ2) is 7.83. The van der Waals surface area contributed by atoms with Crippen LogP contribution >= 0.6 is 23.2 Å². The van der Waals surface area contributed by atoms with Gasteiger partial charge >= 0.3 is 0 Å². The molecule has 3 heterocycles. The summed E-state index contributed by atoms with van der Waals surface area (Å²) in [5, 5.41) is 16.5. The van der Waals surface area contributed by atoms with Crippen molar-refractivity contribution < 1.29 is 4.42 Å². The molecule has 1 N–H and O–H groups in total. The predicted molar refractivity (Wildman–Crippen MR) is 120 cm³/mol. The number of hydrogen-bond acceptors (Lipinski definition) is 6. The smallest absolute Gasteiger partial charge is 0.295 e. The highest BCUT2D eigenvalue weighted by molar-refractivity contribution is 6.37. The van der Waals surface area contributed by atoms with Gasteiger partial charge in [0.15, 0.2) is 0 Å². The molecule has 4 aromatic rings. The number of hydrogen-bond donors (Lipinski definition) is 1. The molecule has 7 nitrogen and oxygen atoms in total. The number of aryl methyl sites for hydroxylation is 1. The molecule has 31 heavy (non-hydrogen) atoms. The monoisotopic (exact) mass is 453 g/mol. The van der Waals surface area contributed by atoms with E-state index in [9.17, 15) is 4.79 Å². The molecule has 0 spiro atoms. The summed E-state index contributed by atoms with van der Waals surface area (Å²) in [4.78, 5) is 13.3. The van der Waals surface area contributed by atoms with Crippen LogP contribution in [-0.4, -0.2) is 26.5 Å². The minimum Gasteiger partial charge on any atom is -0.423 e. The van der Waals surface area contributed by atoms with E-state index in [2.05, 4.69) is 15.5 Å². The average Bonchev–Trinajstić information content (AvgIpc) is 3.30. The van der Waals surface area contributed by atoms with Gasteiger partial charge in [0.05, 0.1) is 15.7 Å². The fourth-order valence-electron chi connectivity index (χ4n) is 3.88. The Bertz CT molecular complexity index is 1330. The summed E-state index contributed by atoms with van der Waals surface area (Å²) in [6.07, 6.45) is 2.93. The molecule has 0 saturated carbocycles. The standard InChI is InChI=1S/C22H17Cl2N5O2/c1-12-8-13(10-14(9-12)21-27-26-11-31-21)18-15-4-3-7-25-19(15)22(30)29(28-18)20-16(23)5-2-6-17(20)24/h2,5-6,8-11,25H,3-4,7H2,1H3. The van der Waals surface area contributed by atoms with E-state index < -0.39 is 0 Å². The summed E-state index contributed by atoms with van der Waals surface area (Å²) in [6.45, 7) is 2.69. The first-order chi connectivity index (χ1) is 15.0. The molecule has 9 heteroatoms. The second-order valence-electron chi connectivity index (χ2n) is 7.35. The van der Waals surface area contributed by atoms with Gasteiger partial charge in [-0.25, -0.2) is 0 Å². The maximum atomic E-state index is 13.3. The fourth-order valence-corrected chi connectivity index (χ4v) is 4.44. The summed E-state index contributed by atoms with van der Waals surface area (Å²) >= 11 is 12.8. The number of aromatic nitrogens is 4. The van der Waals surface area contributed by atoms with Crippen LogP contribution in [0.4, 0.5) is 5.69 Å². The third kappa shape index (κ3) is 3.49. The molecule has 0 bridgehead atoms. The van der Waals surface area contributed by atoms with Gasteiger partial charge in [0.2, 0.25) is 12.3 Å². The highest BCUT2D eigenvalue weighted by Crippen LogP contribution is 2.34. The lowest BCUT2D eigenvalue weighted by Gasteiger charge is -2.22. The van der Waals surface area contributed by atoms with Gasteiger partial charge in [0, 0.05) is 23.2 Å². The van der Waals surface area contributed by atoms with Crippen molar-refractivity contribution in [2.24, 2.45) is 0 Å². The Balaban J connectivity index is 1.80. The molecule has 0 saturated heterocycles. The first-order valence-corrected chi connectivity index (χ1v) is 10.5. The van der Waals surface area contributed by atoms with E-state index in [4.69, 9.17) is 32.7 Å². The summed E-state index contributed by atoms with van der Waals surface area (Å²) < 4.78 is 6.66. The van der Waals surface area contributed by atoms with Crippen LogP contribution in [0.5, 0.6) is 0 Å². The van der Waals surface area contributed by atoms with E-state index in [1.807, 2.05) is 25.1 Å². The van der Waals surface area contributed by atoms with Crippen LogP contribution in [0.25, 0.3) is 28.4 Å². The lowest BCUT2D eigenvalue weighted by molar-refractivity contribution is 0.568. The number of nitrogens with one attached hydrogen (secondary N) is 1. The maximum absolute atomic E-state index is 13.3. The highest BCUT2D eigenvalue weighted by atomic mass is 35.5. The third-order valence-corrected chi connectivity index (χ3v) is 5.82. The Labute approximate surface area is 187 Å². The zero-order chi connectivity index (χ0) is 21.5. The van der Waals surface area contributed by atoms with Crippen molar-refractivity contribution in [3.8, 4) is 28.4 Å². The molecule has 1 aliphatic heterocycles. The molecular weight excluding hydrogens is 437 g/mol. The normalized spacial score (nSPS) is 13.0. The number of para-hydroxylation sites is 1. The molecule has 0 amide bonds. The first-order valence-electron chi connectivity index (χ1n) is 9.76. The number of anilines is 1. The zero-order valence-electron chi connectivity index (χ0n) is 16.5. The molecule has 0 fully saturated rings. The molecule has 0 atom stereocenters. The summed E-state index contributed by atoms with van der Waals surface area (Å²) in [5.74, 6) is 0.416. The maximum Gasteiger partial charge on any atom is 0.295 e. The van der Waals surface area contributed by atoms with Gasteiger partial charge in [-0.1, -0.05) is 29.3 Å². The minimum absolute atomic E-state index is 0.279. The summed E-state index contributed by atoms with van der Waals surface area (Å²) in [7, 11) is 0. The fraction of sp³-hybridized carbons (Fsp3) is 0.182. The van der Waals surface area contributed by atoms with E-state index in [1.54, 1.807) is 18.2 Å². The quantitative estimate of drug-likeness (QED) is 0.473. The van der Waals surface area contributed by atoms with Gasteiger partial charge in [-0.05, 0) is 55.7 Å². The number of fused-ring (bicyclic) bond motifs is 1. The van der Waals surface area contributed by atoms with Gasteiger partial charge < -0.3 is 9.73 Å². The van der Waals surface area contributed by atoms with Crippen LogP contribution in [0.2, 0.25) is 10.0 Å². The Morgan fingerprint density at radius 2 is 1.90 bits per heavy atom. The predicted octanol–water partition coefficient (Wildman–Crippen LogP) is 4.92. The van der Waals surface area contributed by atoms with E-state index in [1.165, 1.54) is 11.1 Å². The van der Waals surface area contributed by atoms with Crippen LogP contribution in [0.1, 0.15) is 17.5 Å². The molecular formula is C22H17Cl2N5O2. The molecule has 2 aromatic heterocycles. The van der Waals surface area contributed by atoms with Crippen LogP contribution in [-0.2, 0) is 6.42 Å². The first kappa shape index (κ1) is 19.8. The van der Waals surface area contributed by atoms with Crippen LogP contribution in [0.15, 0.2) is 52.0 Å². The molecule has 2 aromatic carbocycles. The van der Waals surface area contributed by atoms with Crippen LogP contribution < -0.4 is 10.9 Å². The van der Waals surface area contributed by atoms with Crippen LogP contribution in [0, 0.1) is 6.92 Å². The van der Waals surface area contributed by atoms with Crippen molar-refractivity contribution in [3.05, 3.63) is 74.3 Å². The van der Waals surface area contributed by atoms with E-state index in [-0.39, 0.29) is 5.56 Å². The molecule has 0 unspecified atom stereocenters. The van der Waals surface area contributed by atoms with Crippen LogP contribution in [0.3, 0.4) is 0 Å². The van der Waals surface area contributed by atoms with Gasteiger partial charge in [0.25, 0.3) is 5.56 Å².